The Morgan fingerprint density at radius 3 is 2.62 bits per heavy atom. The maximum absolute atomic E-state index is 11.1. The number of aromatic hydroxyl groups is 1. The molecule has 26 heavy (non-hydrogen) atoms. The zero-order valence-electron chi connectivity index (χ0n) is 14.2. The Morgan fingerprint density at radius 2 is 1.96 bits per heavy atom. The molecule has 2 aromatic carbocycles. The van der Waals surface area contributed by atoms with Crippen molar-refractivity contribution in [2.75, 3.05) is 7.11 Å². The van der Waals surface area contributed by atoms with E-state index in [9.17, 15) is 15.2 Å². The minimum absolute atomic E-state index is 0.0540. The van der Waals surface area contributed by atoms with Gasteiger partial charge in [-0.15, -0.1) is 11.3 Å². The molecule has 0 saturated carbocycles. The van der Waals surface area contributed by atoms with E-state index in [-0.39, 0.29) is 5.75 Å². The Morgan fingerprint density at radius 1 is 1.23 bits per heavy atom. The number of hydrogen-bond donors (Lipinski definition) is 1. The van der Waals surface area contributed by atoms with Crippen LogP contribution in [0.1, 0.15) is 16.1 Å². The summed E-state index contributed by atoms with van der Waals surface area (Å²) >= 11 is 1.48. The molecule has 0 aliphatic carbocycles. The lowest BCUT2D eigenvalue weighted by atomic mass is 10.1. The number of nitro groups is 1. The lowest BCUT2D eigenvalue weighted by Gasteiger charge is -2.05. The highest BCUT2D eigenvalue weighted by molar-refractivity contribution is 7.10. The molecule has 1 heterocycles. The third kappa shape index (κ3) is 3.73. The topological polar surface area (TPSA) is 85.5 Å². The van der Waals surface area contributed by atoms with Crippen molar-refractivity contribution in [2.24, 2.45) is 0 Å². The molecule has 132 valence electrons. The molecular weight excluding hydrogens is 352 g/mol. The van der Waals surface area contributed by atoms with Crippen LogP contribution in [0.15, 0.2) is 41.8 Å². The molecular formula is C19H16N2O4S. The highest BCUT2D eigenvalue weighted by Crippen LogP contribution is 2.37. The van der Waals surface area contributed by atoms with E-state index in [1.165, 1.54) is 36.1 Å². The van der Waals surface area contributed by atoms with Gasteiger partial charge in [0.2, 0.25) is 5.75 Å². The molecule has 1 aromatic heterocycles. The molecule has 0 aliphatic rings. The predicted octanol–water partition coefficient (Wildman–Crippen LogP) is 4.91. The molecule has 0 atom stereocenters. The van der Waals surface area contributed by atoms with Crippen molar-refractivity contribution in [1.82, 2.24) is 4.98 Å². The Balaban J connectivity index is 1.87. The molecule has 0 spiro atoms. The number of methoxy groups -OCH3 is 1. The fraction of sp³-hybridized carbons (Fsp3) is 0.105. The van der Waals surface area contributed by atoms with Crippen LogP contribution >= 0.6 is 11.3 Å². The summed E-state index contributed by atoms with van der Waals surface area (Å²) in [5.74, 6) is -0.427. The third-order valence-electron chi connectivity index (χ3n) is 3.78. The number of ether oxygens (including phenoxy) is 1. The first-order valence-corrected chi connectivity index (χ1v) is 8.62. The molecule has 7 heteroatoms. The van der Waals surface area contributed by atoms with Crippen molar-refractivity contribution in [1.29, 1.82) is 0 Å². The number of phenols is 1. The standard InChI is InChI=1S/C19H16N2O4S/c1-12-3-6-14(7-4-12)15-11-26-18(20-15)8-5-13-9-16(21(23)24)19(22)17(10-13)25-2/h3-11,22H,1-2H3. The molecule has 0 saturated heterocycles. The first-order valence-electron chi connectivity index (χ1n) is 7.74. The average molecular weight is 368 g/mol. The van der Waals surface area contributed by atoms with Crippen molar-refractivity contribution in [3.05, 3.63) is 68.0 Å². The van der Waals surface area contributed by atoms with E-state index in [0.717, 1.165) is 16.3 Å². The molecule has 0 fully saturated rings. The number of benzene rings is 2. The van der Waals surface area contributed by atoms with Gasteiger partial charge in [0.25, 0.3) is 0 Å². The first-order chi connectivity index (χ1) is 12.5. The summed E-state index contributed by atoms with van der Waals surface area (Å²) in [6.45, 7) is 2.03. The zero-order chi connectivity index (χ0) is 18.7. The number of aryl methyl sites for hydroxylation is 1. The van der Waals surface area contributed by atoms with E-state index in [0.29, 0.717) is 5.56 Å². The normalized spacial score (nSPS) is 11.0. The van der Waals surface area contributed by atoms with Crippen LogP contribution in [0.2, 0.25) is 0 Å². The highest BCUT2D eigenvalue weighted by atomic mass is 32.1. The Bertz CT molecular complexity index is 978. The summed E-state index contributed by atoms with van der Waals surface area (Å²) in [6, 6.07) is 10.9. The third-order valence-corrected chi connectivity index (χ3v) is 4.59. The predicted molar refractivity (Wildman–Crippen MR) is 103 cm³/mol. The number of nitro benzene ring substituents is 1. The summed E-state index contributed by atoms with van der Waals surface area (Å²) in [7, 11) is 1.35. The van der Waals surface area contributed by atoms with Crippen LogP contribution in [-0.4, -0.2) is 22.1 Å². The Labute approximate surface area is 154 Å². The fourth-order valence-electron chi connectivity index (χ4n) is 2.39. The molecule has 0 aliphatic heterocycles. The molecule has 1 N–H and O–H groups in total. The van der Waals surface area contributed by atoms with E-state index in [2.05, 4.69) is 4.98 Å². The van der Waals surface area contributed by atoms with Gasteiger partial charge in [-0.3, -0.25) is 10.1 Å². The second-order valence-electron chi connectivity index (χ2n) is 5.62. The minimum atomic E-state index is -0.645. The van der Waals surface area contributed by atoms with E-state index in [1.807, 2.05) is 36.6 Å². The number of hydrogen-bond acceptors (Lipinski definition) is 6. The summed E-state index contributed by atoms with van der Waals surface area (Å²) in [4.78, 5) is 15.0. The molecule has 6 nitrogen and oxygen atoms in total. The second kappa shape index (κ2) is 7.37. The van der Waals surface area contributed by atoms with Crippen LogP contribution in [0.25, 0.3) is 23.4 Å². The van der Waals surface area contributed by atoms with E-state index in [4.69, 9.17) is 4.74 Å². The summed E-state index contributed by atoms with van der Waals surface area (Å²) in [6.07, 6.45) is 3.48. The average Bonchev–Trinajstić information content (AvgIpc) is 3.10. The van der Waals surface area contributed by atoms with Crippen LogP contribution in [0.3, 0.4) is 0 Å². The molecule has 0 radical (unpaired) electrons. The second-order valence-corrected chi connectivity index (χ2v) is 6.51. The monoisotopic (exact) mass is 368 g/mol. The van der Waals surface area contributed by atoms with Crippen molar-refractivity contribution in [2.45, 2.75) is 6.92 Å². The van der Waals surface area contributed by atoms with Gasteiger partial charge in [0, 0.05) is 17.0 Å². The number of nitrogens with zero attached hydrogens (tertiary/aromatic N) is 2. The van der Waals surface area contributed by atoms with Gasteiger partial charge in [0.1, 0.15) is 5.01 Å². The van der Waals surface area contributed by atoms with Crippen molar-refractivity contribution in [3.8, 4) is 22.8 Å². The van der Waals surface area contributed by atoms with Crippen LogP contribution in [0.5, 0.6) is 11.5 Å². The lowest BCUT2D eigenvalue weighted by molar-refractivity contribution is -0.386. The van der Waals surface area contributed by atoms with Crippen molar-refractivity contribution < 1.29 is 14.8 Å². The zero-order valence-corrected chi connectivity index (χ0v) is 15.0. The Kier molecular flexibility index (Phi) is 4.99. The maximum atomic E-state index is 11.1. The SMILES string of the molecule is COc1cc(C=Cc2nc(-c3ccc(C)cc3)cs2)cc([N+](=O)[O-])c1O. The van der Waals surface area contributed by atoms with E-state index in [1.54, 1.807) is 12.2 Å². The summed E-state index contributed by atoms with van der Waals surface area (Å²) < 4.78 is 5.00. The van der Waals surface area contributed by atoms with Gasteiger partial charge in [0.15, 0.2) is 5.75 Å². The van der Waals surface area contributed by atoms with Crippen molar-refractivity contribution in [3.63, 3.8) is 0 Å². The minimum Gasteiger partial charge on any atom is -0.500 e. The highest BCUT2D eigenvalue weighted by Gasteiger charge is 2.19. The number of rotatable bonds is 5. The van der Waals surface area contributed by atoms with Crippen LogP contribution in [0.4, 0.5) is 5.69 Å². The lowest BCUT2D eigenvalue weighted by Crippen LogP contribution is -1.93. The molecule has 0 bridgehead atoms. The van der Waals surface area contributed by atoms with Gasteiger partial charge in [-0.05, 0) is 24.6 Å². The van der Waals surface area contributed by atoms with Gasteiger partial charge in [-0.2, -0.15) is 0 Å². The number of thiazole rings is 1. The van der Waals surface area contributed by atoms with E-state index < -0.39 is 16.4 Å². The van der Waals surface area contributed by atoms with Crippen molar-refractivity contribution >= 4 is 29.2 Å². The number of phenolic OH excluding ortho intramolecular Hbond substituents is 1. The van der Waals surface area contributed by atoms with Gasteiger partial charge in [0.05, 0.1) is 17.7 Å². The summed E-state index contributed by atoms with van der Waals surface area (Å²) in [5, 5.41) is 23.6. The van der Waals surface area contributed by atoms with Crippen LogP contribution in [0, 0.1) is 17.0 Å². The molecule has 3 aromatic rings. The van der Waals surface area contributed by atoms with Gasteiger partial charge in [-0.1, -0.05) is 35.9 Å². The maximum Gasteiger partial charge on any atom is 0.315 e. The molecule has 0 amide bonds. The van der Waals surface area contributed by atoms with Gasteiger partial charge < -0.3 is 9.84 Å². The molecule has 0 unspecified atom stereocenters. The van der Waals surface area contributed by atoms with Gasteiger partial charge in [-0.25, -0.2) is 4.98 Å². The first kappa shape index (κ1) is 17.6. The Hall–Kier alpha value is -3.19. The quantitative estimate of drug-likeness (QED) is 0.511. The van der Waals surface area contributed by atoms with Crippen LogP contribution < -0.4 is 4.74 Å². The van der Waals surface area contributed by atoms with Crippen LogP contribution in [-0.2, 0) is 0 Å². The smallest absolute Gasteiger partial charge is 0.315 e. The number of aromatic nitrogens is 1. The summed E-state index contributed by atoms with van der Waals surface area (Å²) in [5.41, 5.74) is 3.24. The van der Waals surface area contributed by atoms with E-state index >= 15 is 0 Å². The van der Waals surface area contributed by atoms with Gasteiger partial charge >= 0.3 is 5.69 Å². The largest absolute Gasteiger partial charge is 0.500 e. The molecule has 3 rings (SSSR count). The fourth-order valence-corrected chi connectivity index (χ4v) is 3.11.